The van der Waals surface area contributed by atoms with E-state index in [1.165, 1.54) is 50.9 Å². The second-order valence-corrected chi connectivity index (χ2v) is 9.05. The fourth-order valence-electron chi connectivity index (χ4n) is 3.71. The SMILES string of the molecule is CNC(=O)COc1cccc(NC(=O)c2ccccc2SCC(=O)NCC2CCCCC2)c1. The molecule has 1 aliphatic carbocycles. The molecule has 8 heteroatoms. The highest BCUT2D eigenvalue weighted by atomic mass is 32.2. The number of benzene rings is 2. The fourth-order valence-corrected chi connectivity index (χ4v) is 4.59. The molecule has 7 nitrogen and oxygen atoms in total. The third kappa shape index (κ3) is 8.13. The van der Waals surface area contributed by atoms with E-state index in [2.05, 4.69) is 16.0 Å². The summed E-state index contributed by atoms with van der Waals surface area (Å²) in [5, 5.41) is 8.39. The zero-order chi connectivity index (χ0) is 23.5. The molecule has 3 amide bonds. The van der Waals surface area contributed by atoms with Crippen LogP contribution in [0.5, 0.6) is 5.75 Å². The van der Waals surface area contributed by atoms with Crippen molar-refractivity contribution >= 4 is 35.2 Å². The van der Waals surface area contributed by atoms with Crippen LogP contribution in [0.2, 0.25) is 0 Å². The number of hydrogen-bond acceptors (Lipinski definition) is 5. The van der Waals surface area contributed by atoms with E-state index in [1.807, 2.05) is 12.1 Å². The highest BCUT2D eigenvalue weighted by Crippen LogP contribution is 2.25. The molecular formula is C25H31N3O4S. The van der Waals surface area contributed by atoms with Crippen LogP contribution < -0.4 is 20.7 Å². The molecule has 0 spiro atoms. The summed E-state index contributed by atoms with van der Waals surface area (Å²) >= 11 is 1.36. The fraction of sp³-hybridized carbons (Fsp3) is 0.400. The number of rotatable bonds is 10. The molecule has 0 unspecified atom stereocenters. The van der Waals surface area contributed by atoms with Gasteiger partial charge in [-0.15, -0.1) is 11.8 Å². The Labute approximate surface area is 199 Å². The highest BCUT2D eigenvalue weighted by molar-refractivity contribution is 8.00. The number of anilines is 1. The molecule has 2 aromatic rings. The normalized spacial score (nSPS) is 13.7. The molecule has 1 aliphatic rings. The number of amides is 3. The molecule has 1 saturated carbocycles. The van der Waals surface area contributed by atoms with Crippen LogP contribution in [0, 0.1) is 5.92 Å². The Morgan fingerprint density at radius 1 is 1.00 bits per heavy atom. The number of ether oxygens (including phenoxy) is 1. The van der Waals surface area contributed by atoms with Crippen molar-refractivity contribution in [1.29, 1.82) is 0 Å². The molecule has 0 bridgehead atoms. The van der Waals surface area contributed by atoms with Crippen LogP contribution in [0.4, 0.5) is 5.69 Å². The first-order chi connectivity index (χ1) is 16.0. The molecule has 1 fully saturated rings. The smallest absolute Gasteiger partial charge is 0.257 e. The van der Waals surface area contributed by atoms with E-state index >= 15 is 0 Å². The highest BCUT2D eigenvalue weighted by Gasteiger charge is 2.16. The van der Waals surface area contributed by atoms with E-state index in [0.29, 0.717) is 22.9 Å². The summed E-state index contributed by atoms with van der Waals surface area (Å²) in [6.07, 6.45) is 6.18. The Morgan fingerprint density at radius 3 is 2.58 bits per heavy atom. The van der Waals surface area contributed by atoms with Crippen LogP contribution in [0.25, 0.3) is 0 Å². The predicted molar refractivity (Wildman–Crippen MR) is 131 cm³/mol. The van der Waals surface area contributed by atoms with Gasteiger partial charge < -0.3 is 20.7 Å². The van der Waals surface area contributed by atoms with Gasteiger partial charge in [0.1, 0.15) is 5.75 Å². The topological polar surface area (TPSA) is 96.5 Å². The van der Waals surface area contributed by atoms with Gasteiger partial charge in [-0.05, 0) is 43.0 Å². The van der Waals surface area contributed by atoms with Crippen LogP contribution in [-0.2, 0) is 9.59 Å². The molecular weight excluding hydrogens is 438 g/mol. The lowest BCUT2D eigenvalue weighted by Crippen LogP contribution is -2.31. The quantitative estimate of drug-likeness (QED) is 0.459. The maximum Gasteiger partial charge on any atom is 0.257 e. The maximum absolute atomic E-state index is 12.9. The maximum atomic E-state index is 12.9. The molecule has 0 aliphatic heterocycles. The van der Waals surface area contributed by atoms with E-state index in [9.17, 15) is 14.4 Å². The van der Waals surface area contributed by atoms with Crippen LogP contribution in [0.1, 0.15) is 42.5 Å². The lowest BCUT2D eigenvalue weighted by Gasteiger charge is -2.21. The first kappa shape index (κ1) is 24.6. The minimum absolute atomic E-state index is 0.0123. The van der Waals surface area contributed by atoms with Crippen LogP contribution in [0.3, 0.4) is 0 Å². The molecule has 2 aromatic carbocycles. The van der Waals surface area contributed by atoms with Crippen molar-refractivity contribution < 1.29 is 19.1 Å². The Balaban J connectivity index is 1.54. The summed E-state index contributed by atoms with van der Waals surface area (Å²) in [5.74, 6) is 0.805. The number of carbonyl (C=O) groups excluding carboxylic acids is 3. The lowest BCUT2D eigenvalue weighted by molar-refractivity contribution is -0.122. The van der Waals surface area contributed by atoms with E-state index in [-0.39, 0.29) is 30.1 Å². The van der Waals surface area contributed by atoms with E-state index in [4.69, 9.17) is 4.74 Å². The molecule has 176 valence electrons. The third-order valence-electron chi connectivity index (χ3n) is 5.54. The molecule has 0 atom stereocenters. The number of thioether (sulfide) groups is 1. The summed E-state index contributed by atoms with van der Waals surface area (Å²) in [6, 6.07) is 14.1. The minimum Gasteiger partial charge on any atom is -0.484 e. The summed E-state index contributed by atoms with van der Waals surface area (Å²) in [7, 11) is 1.54. The third-order valence-corrected chi connectivity index (χ3v) is 6.62. The summed E-state index contributed by atoms with van der Waals surface area (Å²) in [5.41, 5.74) is 1.05. The summed E-state index contributed by atoms with van der Waals surface area (Å²) < 4.78 is 5.43. The first-order valence-electron chi connectivity index (χ1n) is 11.3. The molecule has 33 heavy (non-hydrogen) atoms. The van der Waals surface area contributed by atoms with Crippen molar-refractivity contribution in [2.24, 2.45) is 5.92 Å². The largest absolute Gasteiger partial charge is 0.484 e. The van der Waals surface area contributed by atoms with Crippen molar-refractivity contribution in [3.05, 3.63) is 54.1 Å². The molecule has 3 rings (SSSR count). The van der Waals surface area contributed by atoms with Gasteiger partial charge in [0.05, 0.1) is 11.3 Å². The number of likely N-dealkylation sites (N-methyl/N-ethyl adjacent to an activating group) is 1. The molecule has 0 saturated heterocycles. The van der Waals surface area contributed by atoms with Gasteiger partial charge in [-0.2, -0.15) is 0 Å². The molecule has 0 radical (unpaired) electrons. The van der Waals surface area contributed by atoms with Crippen LogP contribution >= 0.6 is 11.8 Å². The molecule has 0 aromatic heterocycles. The monoisotopic (exact) mass is 469 g/mol. The number of carbonyl (C=O) groups is 3. The van der Waals surface area contributed by atoms with Gasteiger partial charge in [0.15, 0.2) is 6.61 Å². The zero-order valence-corrected chi connectivity index (χ0v) is 19.7. The number of hydrogen-bond donors (Lipinski definition) is 3. The van der Waals surface area contributed by atoms with Crippen molar-refractivity contribution in [2.75, 3.05) is 31.3 Å². The van der Waals surface area contributed by atoms with Gasteiger partial charge in [0.2, 0.25) is 5.91 Å². The average Bonchev–Trinajstić information content (AvgIpc) is 2.85. The average molecular weight is 470 g/mol. The van der Waals surface area contributed by atoms with Gasteiger partial charge in [0.25, 0.3) is 11.8 Å². The van der Waals surface area contributed by atoms with Gasteiger partial charge in [-0.25, -0.2) is 0 Å². The standard InChI is InChI=1S/C25H31N3O4S/c1-26-23(29)16-32-20-11-7-10-19(14-20)28-25(31)21-12-5-6-13-22(21)33-17-24(30)27-15-18-8-3-2-4-9-18/h5-7,10-14,18H,2-4,8-9,15-17H2,1H3,(H,26,29)(H,27,30)(H,28,31). The lowest BCUT2D eigenvalue weighted by atomic mass is 9.89. The predicted octanol–water partition coefficient (Wildman–Crippen LogP) is 3.85. The van der Waals surface area contributed by atoms with Gasteiger partial charge >= 0.3 is 0 Å². The minimum atomic E-state index is -0.274. The Hall–Kier alpha value is -3.00. The Morgan fingerprint density at radius 2 is 1.79 bits per heavy atom. The zero-order valence-electron chi connectivity index (χ0n) is 18.9. The van der Waals surface area contributed by atoms with Gasteiger partial charge in [-0.1, -0.05) is 37.5 Å². The van der Waals surface area contributed by atoms with Crippen LogP contribution in [0.15, 0.2) is 53.4 Å². The van der Waals surface area contributed by atoms with Crippen LogP contribution in [-0.4, -0.2) is 43.7 Å². The van der Waals surface area contributed by atoms with E-state index in [1.54, 1.807) is 36.4 Å². The van der Waals surface area contributed by atoms with Crippen molar-refractivity contribution in [1.82, 2.24) is 10.6 Å². The summed E-state index contributed by atoms with van der Waals surface area (Å²) in [6.45, 7) is 0.635. The van der Waals surface area contributed by atoms with E-state index in [0.717, 1.165) is 11.4 Å². The second-order valence-electron chi connectivity index (χ2n) is 8.04. The van der Waals surface area contributed by atoms with Gasteiger partial charge in [0, 0.05) is 30.2 Å². The van der Waals surface area contributed by atoms with Crippen molar-refractivity contribution in [3.63, 3.8) is 0 Å². The number of nitrogens with one attached hydrogen (secondary N) is 3. The molecule has 3 N–H and O–H groups in total. The Kier molecular flexibility index (Phi) is 9.62. The van der Waals surface area contributed by atoms with Crippen molar-refractivity contribution in [2.45, 2.75) is 37.0 Å². The summed E-state index contributed by atoms with van der Waals surface area (Å²) in [4.78, 5) is 37.3. The van der Waals surface area contributed by atoms with Gasteiger partial charge in [-0.3, -0.25) is 14.4 Å². The Bertz CT molecular complexity index is 960. The van der Waals surface area contributed by atoms with E-state index < -0.39 is 0 Å². The van der Waals surface area contributed by atoms with Crippen molar-refractivity contribution in [3.8, 4) is 5.75 Å². The first-order valence-corrected chi connectivity index (χ1v) is 12.3. The second kappa shape index (κ2) is 12.9. The molecule has 0 heterocycles.